The van der Waals surface area contributed by atoms with Gasteiger partial charge in [-0.05, 0) is 31.4 Å². The van der Waals surface area contributed by atoms with E-state index < -0.39 is 0 Å². The molecule has 1 aromatic rings. The van der Waals surface area contributed by atoms with E-state index in [0.29, 0.717) is 32.0 Å². The lowest BCUT2D eigenvalue weighted by Gasteiger charge is -2.13. The molecule has 0 radical (unpaired) electrons. The standard InChI is InChI=1S/C14H22FNO2/c1-3-7-17-8-9-18-14-12(10-11(2)16)5-4-6-13(14)15/h4-6,11H,3,7-10,16H2,1-2H3. The van der Waals surface area contributed by atoms with Crippen LogP contribution in [0.15, 0.2) is 18.2 Å². The summed E-state index contributed by atoms with van der Waals surface area (Å²) in [5.74, 6) is -0.0430. The number of rotatable bonds is 8. The monoisotopic (exact) mass is 255 g/mol. The van der Waals surface area contributed by atoms with Gasteiger partial charge in [-0.3, -0.25) is 0 Å². The Morgan fingerprint density at radius 2 is 2.06 bits per heavy atom. The first-order valence-corrected chi connectivity index (χ1v) is 6.38. The second kappa shape index (κ2) is 8.06. The average Bonchev–Trinajstić information content (AvgIpc) is 2.31. The Labute approximate surface area is 108 Å². The molecule has 0 heterocycles. The van der Waals surface area contributed by atoms with Gasteiger partial charge in [-0.15, -0.1) is 0 Å². The second-order valence-electron chi connectivity index (χ2n) is 4.37. The van der Waals surface area contributed by atoms with Gasteiger partial charge >= 0.3 is 0 Å². The SMILES string of the molecule is CCCOCCOc1c(F)cccc1CC(C)N. The number of para-hydroxylation sites is 1. The van der Waals surface area contributed by atoms with E-state index >= 15 is 0 Å². The Kier molecular flexibility index (Phi) is 6.68. The lowest BCUT2D eigenvalue weighted by Crippen LogP contribution is -2.19. The van der Waals surface area contributed by atoms with Crippen molar-refractivity contribution in [3.05, 3.63) is 29.6 Å². The summed E-state index contributed by atoms with van der Waals surface area (Å²) in [6, 6.07) is 4.89. The van der Waals surface area contributed by atoms with E-state index in [1.165, 1.54) is 6.07 Å². The largest absolute Gasteiger partial charge is 0.488 e. The number of nitrogens with two attached hydrogens (primary N) is 1. The predicted molar refractivity (Wildman–Crippen MR) is 70.4 cm³/mol. The molecule has 0 bridgehead atoms. The molecular weight excluding hydrogens is 233 g/mol. The van der Waals surface area contributed by atoms with E-state index in [2.05, 4.69) is 0 Å². The van der Waals surface area contributed by atoms with Gasteiger partial charge in [0.2, 0.25) is 0 Å². The summed E-state index contributed by atoms with van der Waals surface area (Å²) in [6.45, 7) is 5.46. The maximum Gasteiger partial charge on any atom is 0.165 e. The summed E-state index contributed by atoms with van der Waals surface area (Å²) in [7, 11) is 0. The predicted octanol–water partition coefficient (Wildman–Crippen LogP) is 2.52. The van der Waals surface area contributed by atoms with Gasteiger partial charge < -0.3 is 15.2 Å². The Balaban J connectivity index is 2.56. The summed E-state index contributed by atoms with van der Waals surface area (Å²) >= 11 is 0. The zero-order valence-electron chi connectivity index (χ0n) is 11.1. The zero-order chi connectivity index (χ0) is 13.4. The van der Waals surface area contributed by atoms with Crippen molar-refractivity contribution in [2.75, 3.05) is 19.8 Å². The van der Waals surface area contributed by atoms with E-state index in [9.17, 15) is 4.39 Å². The van der Waals surface area contributed by atoms with E-state index in [1.54, 1.807) is 6.07 Å². The minimum absolute atomic E-state index is 0.0227. The molecule has 0 aromatic heterocycles. The van der Waals surface area contributed by atoms with E-state index in [0.717, 1.165) is 12.0 Å². The Morgan fingerprint density at radius 1 is 1.28 bits per heavy atom. The van der Waals surface area contributed by atoms with E-state index in [4.69, 9.17) is 15.2 Å². The van der Waals surface area contributed by atoms with Gasteiger partial charge in [-0.25, -0.2) is 4.39 Å². The molecule has 1 atom stereocenters. The van der Waals surface area contributed by atoms with Crippen LogP contribution in [0.2, 0.25) is 0 Å². The number of ether oxygens (including phenoxy) is 2. The van der Waals surface area contributed by atoms with Crippen molar-refractivity contribution >= 4 is 0 Å². The van der Waals surface area contributed by atoms with Crippen LogP contribution in [-0.2, 0) is 11.2 Å². The maximum atomic E-state index is 13.7. The highest BCUT2D eigenvalue weighted by atomic mass is 19.1. The fourth-order valence-electron chi connectivity index (χ4n) is 1.67. The Hall–Kier alpha value is -1.13. The molecule has 2 N–H and O–H groups in total. The van der Waals surface area contributed by atoms with Crippen LogP contribution in [0.5, 0.6) is 5.75 Å². The summed E-state index contributed by atoms with van der Waals surface area (Å²) in [4.78, 5) is 0. The molecule has 3 nitrogen and oxygen atoms in total. The van der Waals surface area contributed by atoms with Crippen LogP contribution in [0.4, 0.5) is 4.39 Å². The van der Waals surface area contributed by atoms with Crippen molar-refractivity contribution in [3.8, 4) is 5.75 Å². The first kappa shape index (κ1) is 14.9. The van der Waals surface area contributed by atoms with Gasteiger partial charge in [0.05, 0.1) is 6.61 Å². The molecule has 18 heavy (non-hydrogen) atoms. The molecule has 0 amide bonds. The van der Waals surface area contributed by atoms with Gasteiger partial charge in [0.15, 0.2) is 11.6 Å². The van der Waals surface area contributed by atoms with E-state index in [-0.39, 0.29) is 11.9 Å². The molecule has 102 valence electrons. The highest BCUT2D eigenvalue weighted by Gasteiger charge is 2.11. The van der Waals surface area contributed by atoms with Gasteiger partial charge in [0.25, 0.3) is 0 Å². The normalized spacial score (nSPS) is 12.4. The van der Waals surface area contributed by atoms with Gasteiger partial charge in [-0.1, -0.05) is 19.1 Å². The highest BCUT2D eigenvalue weighted by Crippen LogP contribution is 2.23. The van der Waals surface area contributed by atoms with Crippen molar-refractivity contribution in [1.29, 1.82) is 0 Å². The fraction of sp³-hybridized carbons (Fsp3) is 0.571. The maximum absolute atomic E-state index is 13.7. The van der Waals surface area contributed by atoms with Crippen LogP contribution in [0.25, 0.3) is 0 Å². The molecule has 0 aliphatic heterocycles. The number of benzene rings is 1. The molecule has 4 heteroatoms. The third kappa shape index (κ3) is 5.02. The lowest BCUT2D eigenvalue weighted by atomic mass is 10.1. The van der Waals surface area contributed by atoms with Crippen LogP contribution in [-0.4, -0.2) is 25.9 Å². The topological polar surface area (TPSA) is 44.5 Å². The minimum atomic E-state index is -0.344. The van der Waals surface area contributed by atoms with Crippen LogP contribution in [0, 0.1) is 5.82 Å². The van der Waals surface area contributed by atoms with Gasteiger partial charge in [0.1, 0.15) is 6.61 Å². The van der Waals surface area contributed by atoms with Crippen LogP contribution < -0.4 is 10.5 Å². The molecule has 1 aromatic carbocycles. The van der Waals surface area contributed by atoms with Gasteiger partial charge in [0, 0.05) is 12.6 Å². The molecule has 1 rings (SSSR count). The molecule has 0 aliphatic carbocycles. The lowest BCUT2D eigenvalue weighted by molar-refractivity contribution is 0.0988. The number of halogens is 1. The highest BCUT2D eigenvalue weighted by molar-refractivity contribution is 5.35. The van der Waals surface area contributed by atoms with Crippen LogP contribution >= 0.6 is 0 Å². The molecule has 0 spiro atoms. The first-order valence-electron chi connectivity index (χ1n) is 6.38. The quantitative estimate of drug-likeness (QED) is 0.726. The van der Waals surface area contributed by atoms with Crippen molar-refractivity contribution in [2.24, 2.45) is 5.73 Å². The van der Waals surface area contributed by atoms with Crippen molar-refractivity contribution < 1.29 is 13.9 Å². The molecule has 0 fully saturated rings. The summed E-state index contributed by atoms with van der Waals surface area (Å²) in [6.07, 6.45) is 1.57. The summed E-state index contributed by atoms with van der Waals surface area (Å²) in [5, 5.41) is 0. The molecule has 0 saturated carbocycles. The average molecular weight is 255 g/mol. The first-order chi connectivity index (χ1) is 8.65. The third-order valence-corrected chi connectivity index (χ3v) is 2.41. The van der Waals surface area contributed by atoms with Crippen molar-refractivity contribution in [2.45, 2.75) is 32.7 Å². The van der Waals surface area contributed by atoms with E-state index in [1.807, 2.05) is 19.9 Å². The fourth-order valence-corrected chi connectivity index (χ4v) is 1.67. The molecule has 0 aliphatic rings. The minimum Gasteiger partial charge on any atom is -0.488 e. The van der Waals surface area contributed by atoms with Crippen molar-refractivity contribution in [1.82, 2.24) is 0 Å². The Bertz CT molecular complexity index is 356. The number of hydrogen-bond donors (Lipinski definition) is 1. The third-order valence-electron chi connectivity index (χ3n) is 2.41. The molecule has 0 saturated heterocycles. The summed E-state index contributed by atoms with van der Waals surface area (Å²) in [5.41, 5.74) is 6.54. The summed E-state index contributed by atoms with van der Waals surface area (Å²) < 4.78 is 24.4. The smallest absolute Gasteiger partial charge is 0.165 e. The van der Waals surface area contributed by atoms with Crippen LogP contribution in [0.1, 0.15) is 25.8 Å². The second-order valence-corrected chi connectivity index (χ2v) is 4.37. The molecular formula is C14H22FNO2. The zero-order valence-corrected chi connectivity index (χ0v) is 11.1. The van der Waals surface area contributed by atoms with Crippen LogP contribution in [0.3, 0.4) is 0 Å². The van der Waals surface area contributed by atoms with Crippen molar-refractivity contribution in [3.63, 3.8) is 0 Å². The number of hydrogen-bond acceptors (Lipinski definition) is 3. The molecule has 1 unspecified atom stereocenters. The van der Waals surface area contributed by atoms with Gasteiger partial charge in [-0.2, -0.15) is 0 Å². The Morgan fingerprint density at radius 3 is 2.72 bits per heavy atom.